The molecule has 1 aromatic carbocycles. The Morgan fingerprint density at radius 1 is 1.32 bits per heavy atom. The number of ether oxygens (including phenoxy) is 1. The predicted octanol–water partition coefficient (Wildman–Crippen LogP) is 5.87. The number of benzene rings is 1. The van der Waals surface area contributed by atoms with Gasteiger partial charge in [0.1, 0.15) is 17.7 Å². The Morgan fingerprint density at radius 2 is 2.12 bits per heavy atom. The molecule has 0 amide bonds. The summed E-state index contributed by atoms with van der Waals surface area (Å²) in [5.74, 6) is -0.586. The van der Waals surface area contributed by atoms with Crippen molar-refractivity contribution < 1.29 is 23.4 Å². The summed E-state index contributed by atoms with van der Waals surface area (Å²) in [5, 5.41) is 11.0. The molecule has 2 aromatic rings. The zero-order valence-electron chi connectivity index (χ0n) is 19.7. The molecule has 34 heavy (non-hydrogen) atoms. The molecular formula is C26H34F2N2O3S. The highest BCUT2D eigenvalue weighted by atomic mass is 32.2. The fourth-order valence-corrected chi connectivity index (χ4v) is 6.78. The molecule has 5 nitrogen and oxygen atoms in total. The highest BCUT2D eigenvalue weighted by molar-refractivity contribution is 7.99. The normalized spacial score (nSPS) is 22.8. The summed E-state index contributed by atoms with van der Waals surface area (Å²) in [5.41, 5.74) is 0.490. The second-order valence-corrected chi connectivity index (χ2v) is 10.9. The van der Waals surface area contributed by atoms with Crippen LogP contribution in [0.4, 0.5) is 8.78 Å². The van der Waals surface area contributed by atoms with Gasteiger partial charge in [0.2, 0.25) is 0 Å². The van der Waals surface area contributed by atoms with E-state index in [-0.39, 0.29) is 17.9 Å². The topological polar surface area (TPSA) is 62.7 Å². The van der Waals surface area contributed by atoms with Crippen molar-refractivity contribution in [3.05, 3.63) is 35.8 Å². The Morgan fingerprint density at radius 3 is 2.85 bits per heavy atom. The number of carboxylic acid groups (broad SMARTS) is 1. The number of hydrogen-bond acceptors (Lipinski definition) is 5. The first-order chi connectivity index (χ1) is 16.5. The molecule has 1 N–H and O–H groups in total. The fourth-order valence-electron chi connectivity index (χ4n) is 5.42. The molecule has 1 saturated carbocycles. The van der Waals surface area contributed by atoms with Crippen molar-refractivity contribution >= 4 is 28.6 Å². The third-order valence-corrected chi connectivity index (χ3v) is 8.75. The van der Waals surface area contributed by atoms with E-state index in [4.69, 9.17) is 4.74 Å². The fraction of sp³-hybridized carbons (Fsp3) is 0.615. The molecule has 1 aliphatic heterocycles. The maximum absolute atomic E-state index is 15.4. The van der Waals surface area contributed by atoms with Crippen LogP contribution in [-0.2, 0) is 4.79 Å². The van der Waals surface area contributed by atoms with Gasteiger partial charge < -0.3 is 14.7 Å². The first-order valence-electron chi connectivity index (χ1n) is 12.3. The summed E-state index contributed by atoms with van der Waals surface area (Å²) in [4.78, 5) is 18.3. The highest BCUT2D eigenvalue weighted by Gasteiger charge is 2.35. The first-order valence-corrected chi connectivity index (χ1v) is 13.3. The number of carboxylic acids is 1. The van der Waals surface area contributed by atoms with Gasteiger partial charge in [-0.1, -0.05) is 12.8 Å². The molecule has 1 aliphatic carbocycles. The lowest BCUT2D eigenvalue weighted by Gasteiger charge is -2.37. The number of aliphatic carboxylic acids is 1. The minimum absolute atomic E-state index is 0.0165. The Hall–Kier alpha value is -1.93. The van der Waals surface area contributed by atoms with Gasteiger partial charge in [0.05, 0.1) is 24.7 Å². The quantitative estimate of drug-likeness (QED) is 0.447. The van der Waals surface area contributed by atoms with Crippen LogP contribution >= 0.6 is 11.8 Å². The molecule has 0 radical (unpaired) electrons. The van der Waals surface area contributed by atoms with Crippen LogP contribution in [0.2, 0.25) is 0 Å². The molecule has 2 heterocycles. The molecule has 3 atom stereocenters. The maximum atomic E-state index is 15.4. The van der Waals surface area contributed by atoms with E-state index in [1.807, 2.05) is 11.8 Å². The number of aromatic nitrogens is 1. The van der Waals surface area contributed by atoms with Gasteiger partial charge in [0.25, 0.3) is 0 Å². The highest BCUT2D eigenvalue weighted by Crippen LogP contribution is 2.37. The van der Waals surface area contributed by atoms with E-state index in [0.717, 1.165) is 36.7 Å². The summed E-state index contributed by atoms with van der Waals surface area (Å²) >= 11 is 2.02. The SMILES string of the molecule is COc1ccc2ncc(F)c([C@@H](F)CC[C@H]3CCN(CCSC4CCCC4)C[C@H]3C(=O)O)c2c1. The second kappa shape index (κ2) is 11.7. The van der Waals surface area contributed by atoms with E-state index in [1.54, 1.807) is 18.2 Å². The number of carbonyl (C=O) groups is 1. The second-order valence-electron chi connectivity index (χ2n) is 9.52. The molecular weight excluding hydrogens is 458 g/mol. The van der Waals surface area contributed by atoms with E-state index in [0.29, 0.717) is 29.6 Å². The van der Waals surface area contributed by atoms with Gasteiger partial charge in [-0.05, 0) is 62.8 Å². The number of halogens is 2. The third kappa shape index (κ3) is 6.00. The number of rotatable bonds is 10. The van der Waals surface area contributed by atoms with E-state index < -0.39 is 23.9 Å². The lowest BCUT2D eigenvalue weighted by Crippen LogP contribution is -2.44. The lowest BCUT2D eigenvalue weighted by molar-refractivity contribution is -0.146. The molecule has 1 aromatic heterocycles. The Kier molecular flexibility index (Phi) is 8.64. The molecule has 4 rings (SSSR count). The molecule has 0 bridgehead atoms. The largest absolute Gasteiger partial charge is 0.497 e. The molecule has 186 valence electrons. The Labute approximate surface area is 204 Å². The zero-order valence-corrected chi connectivity index (χ0v) is 20.5. The zero-order chi connectivity index (χ0) is 24.1. The van der Waals surface area contributed by atoms with Crippen LogP contribution in [0.25, 0.3) is 10.9 Å². The van der Waals surface area contributed by atoms with Gasteiger partial charge in [0, 0.05) is 35.0 Å². The van der Waals surface area contributed by atoms with Crippen molar-refractivity contribution in [2.24, 2.45) is 11.8 Å². The number of piperidine rings is 1. The van der Waals surface area contributed by atoms with Gasteiger partial charge in [-0.15, -0.1) is 0 Å². The van der Waals surface area contributed by atoms with Gasteiger partial charge in [-0.25, -0.2) is 8.78 Å². The van der Waals surface area contributed by atoms with Gasteiger partial charge >= 0.3 is 5.97 Å². The average Bonchev–Trinajstić information content (AvgIpc) is 3.36. The summed E-state index contributed by atoms with van der Waals surface area (Å²) in [7, 11) is 1.51. The van der Waals surface area contributed by atoms with Crippen LogP contribution < -0.4 is 4.74 Å². The maximum Gasteiger partial charge on any atom is 0.308 e. The van der Waals surface area contributed by atoms with Crippen molar-refractivity contribution in [3.8, 4) is 5.75 Å². The number of fused-ring (bicyclic) bond motifs is 1. The molecule has 2 fully saturated rings. The lowest BCUT2D eigenvalue weighted by atomic mass is 9.81. The van der Waals surface area contributed by atoms with Gasteiger partial charge in [-0.3, -0.25) is 9.78 Å². The van der Waals surface area contributed by atoms with Gasteiger partial charge in [0.15, 0.2) is 0 Å². The average molecular weight is 493 g/mol. The van der Waals surface area contributed by atoms with Crippen LogP contribution in [0.3, 0.4) is 0 Å². The number of methoxy groups -OCH3 is 1. The minimum Gasteiger partial charge on any atom is -0.497 e. The summed E-state index contributed by atoms with van der Waals surface area (Å²) in [6.07, 6.45) is 6.00. The van der Waals surface area contributed by atoms with Crippen LogP contribution in [0.5, 0.6) is 5.75 Å². The Bertz CT molecular complexity index is 986. The monoisotopic (exact) mass is 492 g/mol. The molecule has 8 heteroatoms. The number of likely N-dealkylation sites (tertiary alicyclic amines) is 1. The van der Waals surface area contributed by atoms with E-state index >= 15 is 4.39 Å². The van der Waals surface area contributed by atoms with Crippen LogP contribution in [0, 0.1) is 17.7 Å². The van der Waals surface area contributed by atoms with Crippen LogP contribution in [0.15, 0.2) is 24.4 Å². The van der Waals surface area contributed by atoms with Crippen molar-refractivity contribution in [2.45, 2.75) is 56.4 Å². The van der Waals surface area contributed by atoms with E-state index in [1.165, 1.54) is 32.8 Å². The third-order valence-electron chi connectivity index (χ3n) is 7.39. The van der Waals surface area contributed by atoms with Gasteiger partial charge in [-0.2, -0.15) is 11.8 Å². The van der Waals surface area contributed by atoms with Crippen LogP contribution in [0.1, 0.15) is 56.7 Å². The molecule has 2 aliphatic rings. The molecule has 0 unspecified atom stereocenters. The number of pyridine rings is 1. The summed E-state index contributed by atoms with van der Waals surface area (Å²) in [6.45, 7) is 2.24. The Balaban J connectivity index is 1.36. The van der Waals surface area contributed by atoms with Crippen molar-refractivity contribution in [1.29, 1.82) is 0 Å². The number of nitrogens with zero attached hydrogens (tertiary/aromatic N) is 2. The van der Waals surface area contributed by atoms with Crippen LogP contribution in [-0.4, -0.2) is 58.7 Å². The van der Waals surface area contributed by atoms with Crippen molar-refractivity contribution in [2.75, 3.05) is 32.5 Å². The first kappa shape index (κ1) is 25.2. The van der Waals surface area contributed by atoms with E-state index in [2.05, 4.69) is 9.88 Å². The standard InChI is InChI=1S/C26H34F2N2O3S/c1-33-18-7-9-24-20(14-18)25(23(28)15-29-24)22(27)8-6-17-10-11-30(16-21(17)26(31)32)12-13-34-19-4-2-3-5-19/h7,9,14-15,17,19,21-22H,2-6,8,10-13,16H2,1H3,(H,31,32)/t17-,21+,22-/m0/s1. The smallest absolute Gasteiger partial charge is 0.308 e. The summed E-state index contributed by atoms with van der Waals surface area (Å²) in [6, 6.07) is 5.00. The van der Waals surface area contributed by atoms with Crippen molar-refractivity contribution in [3.63, 3.8) is 0 Å². The predicted molar refractivity (Wildman–Crippen MR) is 132 cm³/mol. The molecule has 0 spiro atoms. The minimum atomic E-state index is -1.53. The number of alkyl halides is 1. The summed E-state index contributed by atoms with van der Waals surface area (Å²) < 4.78 is 35.2. The molecule has 1 saturated heterocycles. The van der Waals surface area contributed by atoms with Crippen molar-refractivity contribution in [1.82, 2.24) is 9.88 Å². The number of thioether (sulfide) groups is 1. The van der Waals surface area contributed by atoms with E-state index in [9.17, 15) is 14.3 Å². The number of hydrogen-bond donors (Lipinski definition) is 1.